The van der Waals surface area contributed by atoms with Gasteiger partial charge in [-0.15, -0.1) is 15.3 Å². The molecule has 2 aromatic heterocycles. The maximum atomic E-state index is 12.6. The summed E-state index contributed by atoms with van der Waals surface area (Å²) in [6.07, 6.45) is 2.38. The molecule has 24 heavy (non-hydrogen) atoms. The largest absolute Gasteiger partial charge is 0.480 e. The molecule has 0 N–H and O–H groups in total. The summed E-state index contributed by atoms with van der Waals surface area (Å²) in [7, 11) is 1.53. The summed E-state index contributed by atoms with van der Waals surface area (Å²) in [5.74, 6) is 0.855. The zero-order chi connectivity index (χ0) is 16.9. The van der Waals surface area contributed by atoms with Crippen molar-refractivity contribution in [1.29, 1.82) is 0 Å². The summed E-state index contributed by atoms with van der Waals surface area (Å²) >= 11 is 1.16. The zero-order valence-corrected chi connectivity index (χ0v) is 14.5. The number of hydrogen-bond donors (Lipinski definition) is 0. The van der Waals surface area contributed by atoms with Crippen LogP contribution in [-0.2, 0) is 6.42 Å². The van der Waals surface area contributed by atoms with Crippen molar-refractivity contribution >= 4 is 17.4 Å². The highest BCUT2D eigenvalue weighted by molar-refractivity contribution is 7.08. The van der Waals surface area contributed by atoms with E-state index in [1.54, 1.807) is 17.0 Å². The van der Waals surface area contributed by atoms with Gasteiger partial charge in [0.05, 0.1) is 19.3 Å². The third kappa shape index (κ3) is 3.61. The molecule has 9 heteroatoms. The van der Waals surface area contributed by atoms with Crippen molar-refractivity contribution in [3.63, 3.8) is 0 Å². The van der Waals surface area contributed by atoms with Crippen molar-refractivity contribution in [2.45, 2.75) is 32.3 Å². The van der Waals surface area contributed by atoms with Gasteiger partial charge < -0.3 is 14.4 Å². The van der Waals surface area contributed by atoms with E-state index in [9.17, 15) is 4.79 Å². The molecule has 0 radical (unpaired) electrons. The number of ether oxygens (including phenoxy) is 2. The maximum absolute atomic E-state index is 12.6. The Balaban J connectivity index is 1.60. The van der Waals surface area contributed by atoms with Crippen LogP contribution in [0.1, 0.15) is 35.1 Å². The highest BCUT2D eigenvalue weighted by Gasteiger charge is 2.31. The Morgan fingerprint density at radius 3 is 2.83 bits per heavy atom. The molecule has 0 spiro atoms. The van der Waals surface area contributed by atoms with Crippen molar-refractivity contribution in [3.8, 4) is 11.8 Å². The van der Waals surface area contributed by atoms with Gasteiger partial charge in [-0.2, -0.15) is 0 Å². The van der Waals surface area contributed by atoms with E-state index in [1.807, 2.05) is 0 Å². The SMILES string of the molecule is CCCc1nnsc1C(=O)N1CCC(Oc2ccc(OC)nn2)C1. The third-order valence-electron chi connectivity index (χ3n) is 3.78. The lowest BCUT2D eigenvalue weighted by Crippen LogP contribution is -2.31. The molecule has 1 atom stereocenters. The molecule has 1 aliphatic heterocycles. The number of aryl methyl sites for hydroxylation is 1. The fourth-order valence-corrected chi connectivity index (χ4v) is 3.25. The molecule has 1 unspecified atom stereocenters. The number of aromatic nitrogens is 4. The molecule has 8 nitrogen and oxygen atoms in total. The van der Waals surface area contributed by atoms with Crippen molar-refractivity contribution in [1.82, 2.24) is 24.7 Å². The second kappa shape index (κ2) is 7.52. The molecule has 1 fully saturated rings. The zero-order valence-electron chi connectivity index (χ0n) is 13.6. The fraction of sp³-hybridized carbons (Fsp3) is 0.533. The Bertz CT molecular complexity index is 691. The van der Waals surface area contributed by atoms with E-state index in [0.717, 1.165) is 36.5 Å². The number of amides is 1. The van der Waals surface area contributed by atoms with Gasteiger partial charge in [-0.05, 0) is 18.0 Å². The van der Waals surface area contributed by atoms with Crippen LogP contribution >= 0.6 is 11.5 Å². The number of carbonyl (C=O) groups is 1. The maximum Gasteiger partial charge on any atom is 0.267 e. The summed E-state index contributed by atoms with van der Waals surface area (Å²) in [6.45, 7) is 3.23. The van der Waals surface area contributed by atoms with Crippen LogP contribution in [0.15, 0.2) is 12.1 Å². The van der Waals surface area contributed by atoms with Crippen LogP contribution < -0.4 is 9.47 Å². The van der Waals surface area contributed by atoms with E-state index in [-0.39, 0.29) is 12.0 Å². The lowest BCUT2D eigenvalue weighted by molar-refractivity contribution is 0.0774. The van der Waals surface area contributed by atoms with Crippen molar-refractivity contribution in [3.05, 3.63) is 22.7 Å². The molecule has 0 aliphatic carbocycles. The Kier molecular flexibility index (Phi) is 5.19. The van der Waals surface area contributed by atoms with Gasteiger partial charge in [0.25, 0.3) is 5.91 Å². The van der Waals surface area contributed by atoms with E-state index in [4.69, 9.17) is 9.47 Å². The minimum atomic E-state index is -0.0906. The molecular formula is C15H19N5O3S. The van der Waals surface area contributed by atoms with Gasteiger partial charge in [0, 0.05) is 25.1 Å². The van der Waals surface area contributed by atoms with Crippen LogP contribution in [0.4, 0.5) is 0 Å². The Morgan fingerprint density at radius 1 is 1.33 bits per heavy atom. The lowest BCUT2D eigenvalue weighted by Gasteiger charge is -2.16. The third-order valence-corrected chi connectivity index (χ3v) is 4.54. The van der Waals surface area contributed by atoms with Crippen LogP contribution in [-0.4, -0.2) is 56.9 Å². The molecule has 0 aromatic carbocycles. The number of likely N-dealkylation sites (tertiary alicyclic amines) is 1. The fourth-order valence-electron chi connectivity index (χ4n) is 2.57. The first-order valence-corrected chi connectivity index (χ1v) is 8.63. The summed E-state index contributed by atoms with van der Waals surface area (Å²) in [4.78, 5) is 15.1. The van der Waals surface area contributed by atoms with Crippen LogP contribution in [0.3, 0.4) is 0 Å². The van der Waals surface area contributed by atoms with Crippen LogP contribution in [0.2, 0.25) is 0 Å². The standard InChI is InChI=1S/C15H19N5O3S/c1-3-4-11-14(24-19-16-11)15(21)20-8-7-10(9-20)23-13-6-5-12(22-2)17-18-13/h5-6,10H,3-4,7-9H2,1-2H3. The molecule has 128 valence electrons. The molecule has 0 bridgehead atoms. The number of nitrogens with zero attached hydrogens (tertiary/aromatic N) is 5. The molecular weight excluding hydrogens is 330 g/mol. The molecule has 1 saturated heterocycles. The first-order chi connectivity index (χ1) is 11.7. The normalized spacial score (nSPS) is 17.1. The summed E-state index contributed by atoms with van der Waals surface area (Å²) < 4.78 is 14.7. The highest BCUT2D eigenvalue weighted by atomic mass is 32.1. The van der Waals surface area contributed by atoms with Gasteiger partial charge in [0.1, 0.15) is 11.0 Å². The monoisotopic (exact) mass is 349 g/mol. The van der Waals surface area contributed by atoms with E-state index >= 15 is 0 Å². The predicted octanol–water partition coefficient (Wildman–Crippen LogP) is 1.58. The average molecular weight is 349 g/mol. The summed E-state index contributed by atoms with van der Waals surface area (Å²) in [5.41, 5.74) is 0.790. The first-order valence-electron chi connectivity index (χ1n) is 7.86. The van der Waals surface area contributed by atoms with Gasteiger partial charge in [0.15, 0.2) is 0 Å². The van der Waals surface area contributed by atoms with E-state index in [2.05, 4.69) is 26.7 Å². The van der Waals surface area contributed by atoms with Crippen molar-refractivity contribution < 1.29 is 14.3 Å². The predicted molar refractivity (Wildman–Crippen MR) is 87.4 cm³/mol. The van der Waals surface area contributed by atoms with E-state index < -0.39 is 0 Å². The van der Waals surface area contributed by atoms with Gasteiger partial charge in [-0.3, -0.25) is 4.79 Å². The molecule has 3 heterocycles. The van der Waals surface area contributed by atoms with Gasteiger partial charge in [-0.1, -0.05) is 17.8 Å². The van der Waals surface area contributed by atoms with Gasteiger partial charge in [0.2, 0.25) is 11.8 Å². The Hall–Kier alpha value is -2.29. The minimum absolute atomic E-state index is 0.0136. The second-order valence-corrected chi connectivity index (χ2v) is 6.25. The number of rotatable bonds is 6. The highest BCUT2D eigenvalue weighted by Crippen LogP contribution is 2.21. The Labute approximate surface area is 144 Å². The molecule has 3 rings (SSSR count). The average Bonchev–Trinajstić information content (AvgIpc) is 3.25. The van der Waals surface area contributed by atoms with Crippen LogP contribution in [0, 0.1) is 0 Å². The number of hydrogen-bond acceptors (Lipinski definition) is 8. The molecule has 1 amide bonds. The van der Waals surface area contributed by atoms with Crippen LogP contribution in [0.5, 0.6) is 11.8 Å². The minimum Gasteiger partial charge on any atom is -0.480 e. The molecule has 0 saturated carbocycles. The van der Waals surface area contributed by atoms with Gasteiger partial charge in [-0.25, -0.2) is 0 Å². The topological polar surface area (TPSA) is 90.3 Å². The summed E-state index contributed by atoms with van der Waals surface area (Å²) in [6, 6.07) is 3.41. The quantitative estimate of drug-likeness (QED) is 0.782. The van der Waals surface area contributed by atoms with Crippen molar-refractivity contribution in [2.24, 2.45) is 0 Å². The number of carbonyl (C=O) groups excluding carboxylic acids is 1. The summed E-state index contributed by atoms with van der Waals surface area (Å²) in [5, 5.41) is 11.9. The van der Waals surface area contributed by atoms with Crippen LogP contribution in [0.25, 0.3) is 0 Å². The second-order valence-electron chi connectivity index (χ2n) is 5.49. The Morgan fingerprint density at radius 2 is 2.12 bits per heavy atom. The molecule has 2 aromatic rings. The number of methoxy groups -OCH3 is 1. The smallest absolute Gasteiger partial charge is 0.267 e. The lowest BCUT2D eigenvalue weighted by atomic mass is 10.2. The first kappa shape index (κ1) is 16.6. The van der Waals surface area contributed by atoms with Gasteiger partial charge >= 0.3 is 0 Å². The van der Waals surface area contributed by atoms with E-state index in [0.29, 0.717) is 29.7 Å². The molecule has 1 aliphatic rings. The van der Waals surface area contributed by atoms with Crippen molar-refractivity contribution in [2.75, 3.05) is 20.2 Å². The van der Waals surface area contributed by atoms with E-state index in [1.165, 1.54) is 7.11 Å².